The van der Waals surface area contributed by atoms with Crippen molar-refractivity contribution >= 4 is 17.3 Å². The molecule has 0 saturated heterocycles. The van der Waals surface area contributed by atoms with Gasteiger partial charge in [-0.15, -0.1) is 0 Å². The lowest BCUT2D eigenvalue weighted by molar-refractivity contribution is 0.102. The van der Waals surface area contributed by atoms with Crippen LogP contribution in [0.1, 0.15) is 24.2 Å². The molecule has 0 fully saturated rings. The molecule has 1 N–H and O–H groups in total. The van der Waals surface area contributed by atoms with E-state index in [-0.39, 0.29) is 11.6 Å². The standard InChI is InChI=1S/C16H18FN3O/c1-3-20(4-2)13-9-12(10-18-11-13)16(21)19-15-8-6-5-7-14(15)17/h5-11H,3-4H2,1-2H3,(H,19,21). The van der Waals surface area contributed by atoms with Crippen LogP contribution >= 0.6 is 0 Å². The van der Waals surface area contributed by atoms with Crippen molar-refractivity contribution in [3.05, 3.63) is 54.1 Å². The molecule has 0 aliphatic heterocycles. The van der Waals surface area contributed by atoms with Crippen LogP contribution in [0, 0.1) is 5.82 Å². The van der Waals surface area contributed by atoms with Gasteiger partial charge in [-0.1, -0.05) is 12.1 Å². The summed E-state index contributed by atoms with van der Waals surface area (Å²) < 4.78 is 13.5. The van der Waals surface area contributed by atoms with Gasteiger partial charge >= 0.3 is 0 Å². The molecule has 21 heavy (non-hydrogen) atoms. The lowest BCUT2D eigenvalue weighted by atomic mass is 10.2. The van der Waals surface area contributed by atoms with E-state index in [1.54, 1.807) is 24.4 Å². The first-order chi connectivity index (χ1) is 10.2. The molecule has 0 spiro atoms. The smallest absolute Gasteiger partial charge is 0.257 e. The van der Waals surface area contributed by atoms with Crippen LogP contribution in [0.3, 0.4) is 0 Å². The van der Waals surface area contributed by atoms with Crippen LogP contribution < -0.4 is 10.2 Å². The zero-order valence-electron chi connectivity index (χ0n) is 12.1. The first-order valence-electron chi connectivity index (χ1n) is 6.91. The molecule has 1 aromatic carbocycles. The van der Waals surface area contributed by atoms with E-state index in [9.17, 15) is 9.18 Å². The summed E-state index contributed by atoms with van der Waals surface area (Å²) in [6.45, 7) is 5.73. The summed E-state index contributed by atoms with van der Waals surface area (Å²) in [5, 5.41) is 2.56. The quantitative estimate of drug-likeness (QED) is 0.917. The van der Waals surface area contributed by atoms with Gasteiger partial charge in [-0.2, -0.15) is 0 Å². The Balaban J connectivity index is 2.20. The number of hydrogen-bond acceptors (Lipinski definition) is 3. The van der Waals surface area contributed by atoms with Crippen LogP contribution in [-0.4, -0.2) is 24.0 Å². The van der Waals surface area contributed by atoms with Gasteiger partial charge in [-0.3, -0.25) is 9.78 Å². The fourth-order valence-corrected chi connectivity index (χ4v) is 2.07. The Morgan fingerprint density at radius 2 is 1.95 bits per heavy atom. The minimum Gasteiger partial charge on any atom is -0.371 e. The number of pyridine rings is 1. The summed E-state index contributed by atoms with van der Waals surface area (Å²) >= 11 is 0. The number of halogens is 1. The summed E-state index contributed by atoms with van der Waals surface area (Å²) in [6.07, 6.45) is 3.19. The number of hydrogen-bond donors (Lipinski definition) is 1. The number of para-hydroxylation sites is 1. The van der Waals surface area contributed by atoms with E-state index in [1.807, 2.05) is 13.8 Å². The third-order valence-electron chi connectivity index (χ3n) is 3.24. The number of aromatic nitrogens is 1. The fraction of sp³-hybridized carbons (Fsp3) is 0.250. The Labute approximate surface area is 123 Å². The van der Waals surface area contributed by atoms with Crippen molar-refractivity contribution in [2.75, 3.05) is 23.3 Å². The van der Waals surface area contributed by atoms with Gasteiger partial charge in [0.25, 0.3) is 5.91 Å². The Kier molecular flexibility index (Phi) is 4.87. The molecule has 4 nitrogen and oxygen atoms in total. The SMILES string of the molecule is CCN(CC)c1cncc(C(=O)Nc2ccccc2F)c1. The van der Waals surface area contributed by atoms with E-state index in [0.717, 1.165) is 18.8 Å². The number of benzene rings is 1. The van der Waals surface area contributed by atoms with E-state index < -0.39 is 5.82 Å². The van der Waals surface area contributed by atoms with Crippen molar-refractivity contribution in [2.24, 2.45) is 0 Å². The van der Waals surface area contributed by atoms with Crippen LogP contribution in [0.25, 0.3) is 0 Å². The molecular formula is C16H18FN3O. The Bertz CT molecular complexity index is 626. The maximum absolute atomic E-state index is 13.5. The zero-order valence-corrected chi connectivity index (χ0v) is 12.1. The zero-order chi connectivity index (χ0) is 15.2. The fourth-order valence-electron chi connectivity index (χ4n) is 2.07. The highest BCUT2D eigenvalue weighted by Crippen LogP contribution is 2.17. The van der Waals surface area contributed by atoms with Crippen LogP contribution in [0.5, 0.6) is 0 Å². The minimum absolute atomic E-state index is 0.163. The van der Waals surface area contributed by atoms with E-state index in [1.165, 1.54) is 18.3 Å². The largest absolute Gasteiger partial charge is 0.371 e. The Morgan fingerprint density at radius 3 is 2.62 bits per heavy atom. The van der Waals surface area contributed by atoms with Crippen LogP contribution in [0.2, 0.25) is 0 Å². The number of carbonyl (C=O) groups excluding carboxylic acids is 1. The Morgan fingerprint density at radius 1 is 1.24 bits per heavy atom. The second-order valence-corrected chi connectivity index (χ2v) is 4.54. The summed E-state index contributed by atoms with van der Waals surface area (Å²) in [5.41, 5.74) is 1.44. The minimum atomic E-state index is -0.460. The molecule has 5 heteroatoms. The second kappa shape index (κ2) is 6.83. The van der Waals surface area contributed by atoms with Gasteiger partial charge in [0.2, 0.25) is 0 Å². The molecule has 1 aromatic heterocycles. The highest BCUT2D eigenvalue weighted by atomic mass is 19.1. The van der Waals surface area contributed by atoms with E-state index in [0.29, 0.717) is 5.56 Å². The number of anilines is 2. The topological polar surface area (TPSA) is 45.2 Å². The monoisotopic (exact) mass is 287 g/mol. The van der Waals surface area contributed by atoms with Crippen molar-refractivity contribution in [1.82, 2.24) is 4.98 Å². The summed E-state index contributed by atoms with van der Waals surface area (Å²) in [5.74, 6) is -0.833. The molecule has 0 aliphatic carbocycles. The van der Waals surface area contributed by atoms with Crippen molar-refractivity contribution in [2.45, 2.75) is 13.8 Å². The number of nitrogens with zero attached hydrogens (tertiary/aromatic N) is 2. The summed E-state index contributed by atoms with van der Waals surface area (Å²) in [6, 6.07) is 7.84. The Hall–Kier alpha value is -2.43. The average Bonchev–Trinajstić information content (AvgIpc) is 2.51. The van der Waals surface area contributed by atoms with Gasteiger partial charge in [0.1, 0.15) is 5.82 Å². The lowest BCUT2D eigenvalue weighted by Crippen LogP contribution is -2.22. The van der Waals surface area contributed by atoms with Gasteiger partial charge < -0.3 is 10.2 Å². The van der Waals surface area contributed by atoms with Crippen LogP contribution in [0.15, 0.2) is 42.7 Å². The first-order valence-corrected chi connectivity index (χ1v) is 6.91. The molecule has 0 saturated carbocycles. The number of nitrogens with one attached hydrogen (secondary N) is 1. The molecule has 0 atom stereocenters. The van der Waals surface area contributed by atoms with Crippen molar-refractivity contribution < 1.29 is 9.18 Å². The van der Waals surface area contributed by atoms with E-state index in [4.69, 9.17) is 0 Å². The lowest BCUT2D eigenvalue weighted by Gasteiger charge is -2.20. The molecular weight excluding hydrogens is 269 g/mol. The first kappa shape index (κ1) is 15.0. The van der Waals surface area contributed by atoms with Gasteiger partial charge in [0.15, 0.2) is 0 Å². The molecule has 1 heterocycles. The van der Waals surface area contributed by atoms with Gasteiger partial charge in [0.05, 0.1) is 23.1 Å². The van der Waals surface area contributed by atoms with Gasteiger partial charge in [-0.25, -0.2) is 4.39 Å². The molecule has 0 aliphatic rings. The maximum atomic E-state index is 13.5. The van der Waals surface area contributed by atoms with Gasteiger partial charge in [-0.05, 0) is 32.0 Å². The highest BCUT2D eigenvalue weighted by Gasteiger charge is 2.11. The summed E-state index contributed by atoms with van der Waals surface area (Å²) in [7, 11) is 0. The maximum Gasteiger partial charge on any atom is 0.257 e. The van der Waals surface area contributed by atoms with Crippen molar-refractivity contribution in [3.63, 3.8) is 0 Å². The molecule has 1 amide bonds. The third-order valence-corrected chi connectivity index (χ3v) is 3.24. The highest BCUT2D eigenvalue weighted by molar-refractivity contribution is 6.04. The van der Waals surface area contributed by atoms with Gasteiger partial charge in [0, 0.05) is 19.3 Å². The summed E-state index contributed by atoms with van der Waals surface area (Å²) in [4.78, 5) is 18.4. The number of rotatable bonds is 5. The molecule has 2 aromatic rings. The third kappa shape index (κ3) is 3.56. The molecule has 0 bridgehead atoms. The average molecular weight is 287 g/mol. The van der Waals surface area contributed by atoms with Crippen LogP contribution in [0.4, 0.5) is 15.8 Å². The molecule has 0 radical (unpaired) electrons. The van der Waals surface area contributed by atoms with E-state index >= 15 is 0 Å². The van der Waals surface area contributed by atoms with Crippen LogP contribution in [-0.2, 0) is 0 Å². The number of carbonyl (C=O) groups is 1. The number of amides is 1. The van der Waals surface area contributed by atoms with Crippen molar-refractivity contribution in [3.8, 4) is 0 Å². The molecule has 110 valence electrons. The van der Waals surface area contributed by atoms with E-state index in [2.05, 4.69) is 15.2 Å². The molecule has 0 unspecified atom stereocenters. The van der Waals surface area contributed by atoms with Crippen molar-refractivity contribution in [1.29, 1.82) is 0 Å². The normalized spacial score (nSPS) is 10.2. The predicted octanol–water partition coefficient (Wildman–Crippen LogP) is 3.32. The predicted molar refractivity (Wildman–Crippen MR) is 82.2 cm³/mol. The molecule has 2 rings (SSSR count). The second-order valence-electron chi connectivity index (χ2n) is 4.54.